The van der Waals surface area contributed by atoms with E-state index in [9.17, 15) is 4.79 Å². The molecule has 1 aromatic carbocycles. The van der Waals surface area contributed by atoms with Crippen molar-refractivity contribution in [2.45, 2.75) is 12.5 Å². The monoisotopic (exact) mass is 347 g/mol. The van der Waals surface area contributed by atoms with Gasteiger partial charge in [0.05, 0.1) is 24.1 Å². The molecule has 1 aliphatic heterocycles. The number of nitrogens with one attached hydrogen (secondary N) is 1. The third-order valence-electron chi connectivity index (χ3n) is 3.76. The number of thiazole rings is 1. The molecule has 2 aromatic rings. The van der Waals surface area contributed by atoms with Crippen molar-refractivity contribution in [3.63, 3.8) is 0 Å². The van der Waals surface area contributed by atoms with Gasteiger partial charge in [0.15, 0.2) is 5.13 Å². The topological polar surface area (TPSA) is 63.7 Å². The lowest BCUT2D eigenvalue weighted by Gasteiger charge is -2.38. The van der Waals surface area contributed by atoms with Gasteiger partial charge >= 0.3 is 6.03 Å². The second-order valence-electron chi connectivity index (χ2n) is 5.57. The molecule has 0 spiro atoms. The average Bonchev–Trinajstić information content (AvgIpc) is 3.02. The molecule has 3 rings (SSSR count). The van der Waals surface area contributed by atoms with Crippen LogP contribution in [-0.4, -0.2) is 55.4 Å². The summed E-state index contributed by atoms with van der Waals surface area (Å²) in [5.41, 5.74) is 1.10. The molecule has 1 N–H and O–H groups in total. The molecule has 1 aliphatic rings. The third kappa shape index (κ3) is 4.31. The maximum atomic E-state index is 12.2. The molecule has 0 saturated carbocycles. The number of hydrogen-bond acceptors (Lipinski definition) is 5. The number of aromatic nitrogens is 1. The summed E-state index contributed by atoms with van der Waals surface area (Å²) in [6, 6.07) is 9.88. The number of carbonyl (C=O) groups excluding carboxylic acids is 1. The van der Waals surface area contributed by atoms with Gasteiger partial charge in [-0.25, -0.2) is 9.78 Å². The van der Waals surface area contributed by atoms with Gasteiger partial charge in [-0.2, -0.15) is 0 Å². The Kier molecular flexibility index (Phi) is 5.79. The lowest BCUT2D eigenvalue weighted by molar-refractivity contribution is -0.0380. The fourth-order valence-electron chi connectivity index (χ4n) is 2.40. The van der Waals surface area contributed by atoms with Crippen molar-refractivity contribution >= 4 is 22.5 Å². The van der Waals surface area contributed by atoms with Gasteiger partial charge in [-0.15, -0.1) is 0 Å². The SMILES string of the molecule is COCCCOC1CN(C(=O)Nc2ncc(-c3ccccc3)s2)C1. The number of anilines is 1. The van der Waals surface area contributed by atoms with Crippen molar-refractivity contribution in [1.29, 1.82) is 0 Å². The first-order chi connectivity index (χ1) is 11.8. The van der Waals surface area contributed by atoms with Crippen LogP contribution in [0.1, 0.15) is 6.42 Å². The number of hydrogen-bond donors (Lipinski definition) is 1. The number of benzene rings is 1. The highest BCUT2D eigenvalue weighted by Gasteiger charge is 2.31. The van der Waals surface area contributed by atoms with E-state index in [1.54, 1.807) is 18.2 Å². The molecular weight excluding hydrogens is 326 g/mol. The van der Waals surface area contributed by atoms with Gasteiger partial charge in [0.25, 0.3) is 0 Å². The van der Waals surface area contributed by atoms with E-state index in [0.29, 0.717) is 31.4 Å². The van der Waals surface area contributed by atoms with Crippen LogP contribution >= 0.6 is 11.3 Å². The summed E-state index contributed by atoms with van der Waals surface area (Å²) in [6.07, 6.45) is 2.79. The van der Waals surface area contributed by atoms with E-state index in [2.05, 4.69) is 10.3 Å². The zero-order valence-corrected chi connectivity index (χ0v) is 14.4. The Balaban J connectivity index is 1.43. The normalized spacial score (nSPS) is 14.5. The van der Waals surface area contributed by atoms with E-state index in [1.165, 1.54) is 11.3 Å². The average molecular weight is 347 g/mol. The first-order valence-electron chi connectivity index (χ1n) is 7.94. The van der Waals surface area contributed by atoms with Gasteiger partial charge in [0, 0.05) is 26.5 Å². The number of ether oxygens (including phenoxy) is 2. The fraction of sp³-hybridized carbons (Fsp3) is 0.412. The highest BCUT2D eigenvalue weighted by Crippen LogP contribution is 2.29. The summed E-state index contributed by atoms with van der Waals surface area (Å²) in [4.78, 5) is 19.2. The Bertz CT molecular complexity index is 656. The molecule has 0 radical (unpaired) electrons. The number of rotatable bonds is 7. The Morgan fingerprint density at radius 3 is 2.88 bits per heavy atom. The fourth-order valence-corrected chi connectivity index (χ4v) is 3.21. The molecule has 24 heavy (non-hydrogen) atoms. The van der Waals surface area contributed by atoms with Gasteiger partial charge in [0.2, 0.25) is 0 Å². The molecule has 1 fully saturated rings. The minimum absolute atomic E-state index is 0.124. The van der Waals surface area contributed by atoms with E-state index >= 15 is 0 Å². The van der Waals surface area contributed by atoms with Crippen LogP contribution in [0.25, 0.3) is 10.4 Å². The van der Waals surface area contributed by atoms with Crippen molar-refractivity contribution in [3.8, 4) is 10.4 Å². The summed E-state index contributed by atoms with van der Waals surface area (Å²) >= 11 is 1.47. The second kappa shape index (κ2) is 8.23. The first kappa shape index (κ1) is 16.9. The van der Waals surface area contributed by atoms with Crippen molar-refractivity contribution in [1.82, 2.24) is 9.88 Å². The molecule has 2 heterocycles. The lowest BCUT2D eigenvalue weighted by Crippen LogP contribution is -2.56. The molecule has 0 bridgehead atoms. The van der Waals surface area contributed by atoms with Crippen molar-refractivity contribution < 1.29 is 14.3 Å². The molecule has 6 nitrogen and oxygen atoms in total. The largest absolute Gasteiger partial charge is 0.385 e. The highest BCUT2D eigenvalue weighted by atomic mass is 32.1. The van der Waals surface area contributed by atoms with Crippen LogP contribution in [0.15, 0.2) is 36.5 Å². The Morgan fingerprint density at radius 2 is 2.12 bits per heavy atom. The quantitative estimate of drug-likeness (QED) is 0.782. The number of methoxy groups -OCH3 is 1. The number of carbonyl (C=O) groups is 1. The van der Waals surface area contributed by atoms with E-state index in [0.717, 1.165) is 16.9 Å². The molecule has 0 unspecified atom stereocenters. The minimum Gasteiger partial charge on any atom is -0.385 e. The zero-order valence-electron chi connectivity index (χ0n) is 13.6. The van der Waals surface area contributed by atoms with Crippen LogP contribution in [-0.2, 0) is 9.47 Å². The standard InChI is InChI=1S/C17H21N3O3S/c1-22-8-5-9-23-14-11-20(12-14)17(21)19-16-18-10-15(24-16)13-6-3-2-4-7-13/h2-4,6-7,10,14H,5,8-9,11-12H2,1H3,(H,18,19,21). The van der Waals surface area contributed by atoms with Crippen LogP contribution in [0.4, 0.5) is 9.93 Å². The van der Waals surface area contributed by atoms with E-state index in [4.69, 9.17) is 9.47 Å². The molecule has 1 aromatic heterocycles. The van der Waals surface area contributed by atoms with Crippen LogP contribution in [0.3, 0.4) is 0 Å². The molecule has 0 atom stereocenters. The zero-order chi connectivity index (χ0) is 16.8. The Hall–Kier alpha value is -1.96. The van der Waals surface area contributed by atoms with Crippen molar-refractivity contribution in [2.24, 2.45) is 0 Å². The lowest BCUT2D eigenvalue weighted by atomic mass is 10.2. The number of urea groups is 1. The molecule has 2 amide bonds. The van der Waals surface area contributed by atoms with E-state index in [-0.39, 0.29) is 12.1 Å². The molecule has 128 valence electrons. The highest BCUT2D eigenvalue weighted by molar-refractivity contribution is 7.19. The summed E-state index contributed by atoms with van der Waals surface area (Å²) in [7, 11) is 1.68. The van der Waals surface area contributed by atoms with Crippen molar-refractivity contribution in [2.75, 3.05) is 38.7 Å². The van der Waals surface area contributed by atoms with Crippen LogP contribution < -0.4 is 5.32 Å². The molecule has 0 aliphatic carbocycles. The first-order valence-corrected chi connectivity index (χ1v) is 8.75. The van der Waals surface area contributed by atoms with E-state index < -0.39 is 0 Å². The molecular formula is C17H21N3O3S. The van der Waals surface area contributed by atoms with Gasteiger partial charge in [-0.05, 0) is 12.0 Å². The summed E-state index contributed by atoms with van der Waals surface area (Å²) in [5, 5.41) is 3.46. The number of amides is 2. The third-order valence-corrected chi connectivity index (χ3v) is 4.72. The van der Waals surface area contributed by atoms with Gasteiger partial charge in [-0.1, -0.05) is 41.7 Å². The van der Waals surface area contributed by atoms with E-state index in [1.807, 2.05) is 30.3 Å². The predicted molar refractivity (Wildman–Crippen MR) is 94.4 cm³/mol. The van der Waals surface area contributed by atoms with Crippen LogP contribution in [0, 0.1) is 0 Å². The smallest absolute Gasteiger partial charge is 0.323 e. The summed E-state index contributed by atoms with van der Waals surface area (Å²) in [6.45, 7) is 2.61. The maximum absolute atomic E-state index is 12.2. The summed E-state index contributed by atoms with van der Waals surface area (Å²) in [5.74, 6) is 0. The Morgan fingerprint density at radius 1 is 1.33 bits per heavy atom. The van der Waals surface area contributed by atoms with Gasteiger partial charge in [-0.3, -0.25) is 5.32 Å². The second-order valence-corrected chi connectivity index (χ2v) is 6.60. The van der Waals surface area contributed by atoms with Crippen molar-refractivity contribution in [3.05, 3.63) is 36.5 Å². The number of nitrogens with zero attached hydrogens (tertiary/aromatic N) is 2. The summed E-state index contributed by atoms with van der Waals surface area (Å²) < 4.78 is 10.6. The minimum atomic E-state index is -0.124. The van der Waals surface area contributed by atoms with Crippen LogP contribution in [0.5, 0.6) is 0 Å². The maximum Gasteiger partial charge on any atom is 0.323 e. The van der Waals surface area contributed by atoms with Gasteiger partial charge < -0.3 is 14.4 Å². The van der Waals surface area contributed by atoms with Crippen LogP contribution in [0.2, 0.25) is 0 Å². The number of likely N-dealkylation sites (tertiary alicyclic amines) is 1. The predicted octanol–water partition coefficient (Wildman–Crippen LogP) is 3.08. The Labute approximate surface area is 145 Å². The molecule has 1 saturated heterocycles. The van der Waals surface area contributed by atoms with Gasteiger partial charge in [0.1, 0.15) is 0 Å². The molecule has 7 heteroatoms.